The number of thiazole rings is 1. The minimum atomic E-state index is 0.0712. The molecule has 0 N–H and O–H groups in total. The number of carbonyl (C=O) groups is 1. The van der Waals surface area contributed by atoms with Gasteiger partial charge in [-0.3, -0.25) is 4.79 Å². The number of anilines is 1. The summed E-state index contributed by atoms with van der Waals surface area (Å²) in [6, 6.07) is 0.695. The van der Waals surface area contributed by atoms with Crippen molar-refractivity contribution in [3.8, 4) is 0 Å². The normalized spacial score (nSPS) is 28.7. The lowest BCUT2D eigenvalue weighted by Gasteiger charge is -2.26. The zero-order chi connectivity index (χ0) is 10.4. The van der Waals surface area contributed by atoms with Gasteiger partial charge in [-0.2, -0.15) is 0 Å². The average Bonchev–Trinajstić information content (AvgIpc) is 2.93. The van der Waals surface area contributed by atoms with E-state index in [1.54, 1.807) is 18.3 Å². The molecule has 2 heterocycles. The Balaban J connectivity index is 1.84. The zero-order valence-electron chi connectivity index (χ0n) is 8.77. The molecule has 0 aromatic carbocycles. The first-order chi connectivity index (χ1) is 7.24. The second-order valence-corrected chi connectivity index (χ2v) is 5.39. The molecule has 3 nitrogen and oxygen atoms in total. The van der Waals surface area contributed by atoms with E-state index < -0.39 is 0 Å². The third-order valence-electron chi connectivity index (χ3n) is 3.51. The number of nitrogens with zero attached hydrogens (tertiary/aromatic N) is 2. The van der Waals surface area contributed by atoms with Gasteiger partial charge in [0.05, 0.1) is 0 Å². The molecule has 1 saturated carbocycles. The van der Waals surface area contributed by atoms with Crippen LogP contribution in [0.2, 0.25) is 0 Å². The summed E-state index contributed by atoms with van der Waals surface area (Å²) in [7, 11) is 0. The van der Waals surface area contributed by atoms with Gasteiger partial charge >= 0.3 is 0 Å². The summed E-state index contributed by atoms with van der Waals surface area (Å²) < 4.78 is 0. The van der Waals surface area contributed by atoms with Crippen LogP contribution in [-0.2, 0) is 0 Å². The molecule has 2 aliphatic rings. The van der Waals surface area contributed by atoms with Gasteiger partial charge in [0, 0.05) is 24.9 Å². The van der Waals surface area contributed by atoms with Gasteiger partial charge in [-0.25, -0.2) is 4.98 Å². The van der Waals surface area contributed by atoms with Crippen molar-refractivity contribution in [3.63, 3.8) is 0 Å². The molecular formula is C11H14N2OS. The molecular weight excluding hydrogens is 208 g/mol. The number of Topliss-reactive ketones (excluding diaryl/α,β-unsaturated/α-hetero) is 1. The van der Waals surface area contributed by atoms with Crippen LogP contribution in [0, 0.1) is 5.92 Å². The lowest BCUT2D eigenvalue weighted by molar-refractivity contribution is 0.101. The maximum absolute atomic E-state index is 11.2. The quantitative estimate of drug-likeness (QED) is 0.720. The van der Waals surface area contributed by atoms with Crippen LogP contribution in [0.1, 0.15) is 36.7 Å². The van der Waals surface area contributed by atoms with Crippen LogP contribution in [0.25, 0.3) is 0 Å². The van der Waals surface area contributed by atoms with Crippen LogP contribution >= 0.6 is 11.3 Å². The second-order valence-electron chi connectivity index (χ2n) is 4.56. The van der Waals surface area contributed by atoms with E-state index in [2.05, 4.69) is 9.88 Å². The maximum Gasteiger partial charge on any atom is 0.186 e. The molecule has 1 aromatic heterocycles. The lowest BCUT2D eigenvalue weighted by atomic mass is 10.1. The third-order valence-corrected chi connectivity index (χ3v) is 4.39. The zero-order valence-corrected chi connectivity index (χ0v) is 9.59. The van der Waals surface area contributed by atoms with Crippen LogP contribution < -0.4 is 4.90 Å². The summed E-state index contributed by atoms with van der Waals surface area (Å²) in [6.45, 7) is 2.73. The highest BCUT2D eigenvalue weighted by molar-refractivity contribution is 7.14. The van der Waals surface area contributed by atoms with E-state index in [9.17, 15) is 4.79 Å². The van der Waals surface area contributed by atoms with Crippen molar-refractivity contribution in [1.29, 1.82) is 0 Å². The van der Waals surface area contributed by atoms with Crippen LogP contribution in [0.15, 0.2) is 5.38 Å². The van der Waals surface area contributed by atoms with Crippen molar-refractivity contribution >= 4 is 22.3 Å². The van der Waals surface area contributed by atoms with Crippen molar-refractivity contribution in [2.45, 2.75) is 32.2 Å². The Morgan fingerprint density at radius 3 is 3.00 bits per heavy atom. The summed E-state index contributed by atoms with van der Waals surface area (Å²) in [4.78, 5) is 18.0. The molecule has 1 aromatic rings. The molecule has 2 bridgehead atoms. The van der Waals surface area contributed by atoms with Gasteiger partial charge in [0.2, 0.25) is 0 Å². The number of hydrogen-bond donors (Lipinski definition) is 0. The molecule has 1 saturated heterocycles. The Hall–Kier alpha value is -0.900. The Morgan fingerprint density at radius 1 is 1.60 bits per heavy atom. The summed E-state index contributed by atoms with van der Waals surface area (Å²) in [5, 5.41) is 2.93. The smallest absolute Gasteiger partial charge is 0.186 e. The fourth-order valence-corrected chi connectivity index (χ4v) is 3.66. The van der Waals surface area contributed by atoms with Crippen molar-refractivity contribution in [1.82, 2.24) is 4.98 Å². The van der Waals surface area contributed by atoms with E-state index >= 15 is 0 Å². The van der Waals surface area contributed by atoms with Gasteiger partial charge in [-0.15, -0.1) is 11.3 Å². The topological polar surface area (TPSA) is 33.2 Å². The molecule has 2 atom stereocenters. The maximum atomic E-state index is 11.2. The van der Waals surface area contributed by atoms with E-state index in [4.69, 9.17) is 0 Å². The first kappa shape index (κ1) is 9.33. The number of rotatable bonds is 2. The monoisotopic (exact) mass is 222 g/mol. The summed E-state index contributed by atoms with van der Waals surface area (Å²) >= 11 is 1.61. The lowest BCUT2D eigenvalue weighted by Crippen LogP contribution is -2.31. The molecule has 1 aliphatic heterocycles. The molecule has 2 unspecified atom stereocenters. The Labute approximate surface area is 93.1 Å². The first-order valence-corrected chi connectivity index (χ1v) is 6.35. The SMILES string of the molecule is CC(=O)c1csc(N2CC3CCC2C3)n1. The van der Waals surface area contributed by atoms with Crippen molar-refractivity contribution in [2.75, 3.05) is 11.4 Å². The Kier molecular flexibility index (Phi) is 2.06. The number of ketones is 1. The predicted molar refractivity (Wildman–Crippen MR) is 60.6 cm³/mol. The van der Waals surface area contributed by atoms with E-state index in [0.29, 0.717) is 11.7 Å². The number of piperidine rings is 1. The third kappa shape index (κ3) is 1.47. The van der Waals surface area contributed by atoms with Crippen LogP contribution in [0.5, 0.6) is 0 Å². The number of aromatic nitrogens is 1. The molecule has 2 fully saturated rings. The highest BCUT2D eigenvalue weighted by Crippen LogP contribution is 2.40. The minimum absolute atomic E-state index is 0.0712. The summed E-state index contributed by atoms with van der Waals surface area (Å²) in [5.41, 5.74) is 0.623. The average molecular weight is 222 g/mol. The molecule has 0 radical (unpaired) electrons. The second kappa shape index (κ2) is 3.30. The number of fused-ring (bicyclic) bond motifs is 2. The fourth-order valence-electron chi connectivity index (χ4n) is 2.72. The Bertz CT molecular complexity index is 401. The largest absolute Gasteiger partial charge is 0.345 e. The standard InChI is InChI=1S/C11H14N2OS/c1-7(14)10-6-15-11(12-10)13-5-8-2-3-9(13)4-8/h6,8-9H,2-5H2,1H3. The van der Waals surface area contributed by atoms with Gasteiger partial charge in [-0.05, 0) is 25.2 Å². The van der Waals surface area contributed by atoms with Crippen molar-refractivity contribution in [3.05, 3.63) is 11.1 Å². The summed E-state index contributed by atoms with van der Waals surface area (Å²) in [5.74, 6) is 0.946. The van der Waals surface area contributed by atoms with Gasteiger partial charge in [0.25, 0.3) is 0 Å². The molecule has 4 heteroatoms. The van der Waals surface area contributed by atoms with Gasteiger partial charge in [0.1, 0.15) is 5.69 Å². The molecule has 0 amide bonds. The number of hydrogen-bond acceptors (Lipinski definition) is 4. The number of carbonyl (C=O) groups excluding carboxylic acids is 1. The predicted octanol–water partition coefficient (Wildman–Crippen LogP) is 2.33. The fraction of sp³-hybridized carbons (Fsp3) is 0.636. The molecule has 1 aliphatic carbocycles. The van der Waals surface area contributed by atoms with E-state index in [-0.39, 0.29) is 5.78 Å². The highest BCUT2D eigenvalue weighted by Gasteiger charge is 2.38. The molecule has 0 spiro atoms. The van der Waals surface area contributed by atoms with Crippen molar-refractivity contribution < 1.29 is 4.79 Å². The van der Waals surface area contributed by atoms with E-state index in [0.717, 1.165) is 17.6 Å². The molecule has 3 rings (SSSR count). The van der Waals surface area contributed by atoms with Gasteiger partial charge in [-0.1, -0.05) is 0 Å². The van der Waals surface area contributed by atoms with Crippen LogP contribution in [0.4, 0.5) is 5.13 Å². The van der Waals surface area contributed by atoms with Crippen LogP contribution in [0.3, 0.4) is 0 Å². The van der Waals surface area contributed by atoms with Gasteiger partial charge in [0.15, 0.2) is 10.9 Å². The van der Waals surface area contributed by atoms with Crippen molar-refractivity contribution in [2.24, 2.45) is 5.92 Å². The first-order valence-electron chi connectivity index (χ1n) is 5.47. The van der Waals surface area contributed by atoms with E-state index in [1.165, 1.54) is 19.3 Å². The summed E-state index contributed by atoms with van der Waals surface area (Å²) in [6.07, 6.45) is 4.01. The highest BCUT2D eigenvalue weighted by atomic mass is 32.1. The Morgan fingerprint density at radius 2 is 2.47 bits per heavy atom. The molecule has 15 heavy (non-hydrogen) atoms. The van der Waals surface area contributed by atoms with E-state index in [1.807, 2.05) is 5.38 Å². The van der Waals surface area contributed by atoms with Gasteiger partial charge < -0.3 is 4.90 Å². The van der Waals surface area contributed by atoms with Crippen LogP contribution in [-0.4, -0.2) is 23.4 Å². The molecule has 80 valence electrons. The minimum Gasteiger partial charge on any atom is -0.345 e.